The van der Waals surface area contributed by atoms with Crippen LogP contribution >= 0.6 is 15.9 Å². The van der Waals surface area contributed by atoms with Gasteiger partial charge in [0.1, 0.15) is 0 Å². The minimum Gasteiger partial charge on any atom is -0.339 e. The summed E-state index contributed by atoms with van der Waals surface area (Å²) in [5.74, 6) is 0.700. The molecule has 1 amide bonds. The Balaban J connectivity index is 2.04. The number of nitrogens with zero attached hydrogens (tertiary/aromatic N) is 1. The Morgan fingerprint density at radius 2 is 2.00 bits per heavy atom. The van der Waals surface area contributed by atoms with E-state index in [9.17, 15) is 4.79 Å². The van der Waals surface area contributed by atoms with Crippen molar-refractivity contribution in [3.63, 3.8) is 0 Å². The van der Waals surface area contributed by atoms with Crippen LogP contribution in [0.1, 0.15) is 23.2 Å². The van der Waals surface area contributed by atoms with Crippen LogP contribution in [0.3, 0.4) is 0 Å². The van der Waals surface area contributed by atoms with Crippen LogP contribution in [0.5, 0.6) is 0 Å². The topological polar surface area (TPSA) is 46.3 Å². The number of carbonyl (C=O) groups excluding carboxylic acids is 1. The molecular weight excluding hydrogens is 280 g/mol. The third kappa shape index (κ3) is 2.87. The average Bonchev–Trinajstić information content (AvgIpc) is 2.39. The normalized spacial score (nSPS) is 17.2. The molecule has 0 bridgehead atoms. The second kappa shape index (κ2) is 5.65. The molecule has 92 valence electrons. The third-order valence-electron chi connectivity index (χ3n) is 3.34. The number of benzene rings is 1. The molecule has 0 saturated carbocycles. The molecule has 1 heterocycles. The number of amides is 1. The molecule has 0 unspecified atom stereocenters. The van der Waals surface area contributed by atoms with E-state index in [-0.39, 0.29) is 5.91 Å². The number of hydrogen-bond acceptors (Lipinski definition) is 2. The van der Waals surface area contributed by atoms with E-state index < -0.39 is 0 Å². The molecule has 2 rings (SSSR count). The van der Waals surface area contributed by atoms with Crippen LogP contribution in [0.15, 0.2) is 28.7 Å². The van der Waals surface area contributed by atoms with Crippen LogP contribution in [-0.4, -0.2) is 30.4 Å². The van der Waals surface area contributed by atoms with E-state index in [1.165, 1.54) is 0 Å². The van der Waals surface area contributed by atoms with Gasteiger partial charge in [0.05, 0.1) is 5.56 Å². The Morgan fingerprint density at radius 1 is 1.35 bits per heavy atom. The lowest BCUT2D eigenvalue weighted by Crippen LogP contribution is -2.40. The van der Waals surface area contributed by atoms with Crippen LogP contribution in [0, 0.1) is 5.92 Å². The number of piperidine rings is 1. The van der Waals surface area contributed by atoms with E-state index in [2.05, 4.69) is 15.9 Å². The molecule has 1 aromatic rings. The number of carbonyl (C=O) groups is 1. The van der Waals surface area contributed by atoms with Gasteiger partial charge in [-0.3, -0.25) is 4.79 Å². The highest BCUT2D eigenvalue weighted by Gasteiger charge is 2.23. The van der Waals surface area contributed by atoms with Gasteiger partial charge in [0.25, 0.3) is 5.91 Å². The lowest BCUT2D eigenvalue weighted by atomic mass is 9.96. The van der Waals surface area contributed by atoms with Crippen molar-refractivity contribution in [2.45, 2.75) is 12.8 Å². The fourth-order valence-electron chi connectivity index (χ4n) is 2.18. The van der Waals surface area contributed by atoms with Gasteiger partial charge in [-0.15, -0.1) is 0 Å². The SMILES string of the molecule is NCC1CCN(C(=O)c2ccccc2Br)CC1. The Bertz CT molecular complexity index is 400. The number of likely N-dealkylation sites (tertiary alicyclic amines) is 1. The van der Waals surface area contributed by atoms with Gasteiger partial charge in [0, 0.05) is 17.6 Å². The van der Waals surface area contributed by atoms with Gasteiger partial charge < -0.3 is 10.6 Å². The maximum Gasteiger partial charge on any atom is 0.254 e. The van der Waals surface area contributed by atoms with Crippen LogP contribution in [0.25, 0.3) is 0 Å². The maximum atomic E-state index is 12.3. The Morgan fingerprint density at radius 3 is 2.59 bits per heavy atom. The summed E-state index contributed by atoms with van der Waals surface area (Å²) in [5, 5.41) is 0. The van der Waals surface area contributed by atoms with Crippen LogP contribution in [-0.2, 0) is 0 Å². The zero-order chi connectivity index (χ0) is 12.3. The molecule has 1 aliphatic heterocycles. The molecule has 4 heteroatoms. The first-order chi connectivity index (χ1) is 8.22. The minimum absolute atomic E-state index is 0.118. The van der Waals surface area contributed by atoms with Gasteiger partial charge in [-0.1, -0.05) is 12.1 Å². The molecule has 0 atom stereocenters. The zero-order valence-electron chi connectivity index (χ0n) is 9.73. The van der Waals surface area contributed by atoms with Crippen molar-refractivity contribution in [2.75, 3.05) is 19.6 Å². The van der Waals surface area contributed by atoms with E-state index in [4.69, 9.17) is 5.73 Å². The van der Waals surface area contributed by atoms with Crippen molar-refractivity contribution >= 4 is 21.8 Å². The first-order valence-electron chi connectivity index (χ1n) is 5.96. The van der Waals surface area contributed by atoms with Crippen molar-refractivity contribution in [1.82, 2.24) is 4.90 Å². The summed E-state index contributed by atoms with van der Waals surface area (Å²) >= 11 is 3.42. The van der Waals surface area contributed by atoms with Crippen LogP contribution in [0.2, 0.25) is 0 Å². The first kappa shape index (κ1) is 12.6. The predicted octanol–water partition coefficient (Wildman–Crippen LogP) is 2.26. The molecule has 1 aromatic carbocycles. The van der Waals surface area contributed by atoms with Gasteiger partial charge in [-0.05, 0) is 53.4 Å². The molecule has 1 fully saturated rings. The van der Waals surface area contributed by atoms with E-state index in [0.717, 1.165) is 42.5 Å². The largest absolute Gasteiger partial charge is 0.339 e. The van der Waals surface area contributed by atoms with Gasteiger partial charge in [-0.2, -0.15) is 0 Å². The summed E-state index contributed by atoms with van der Waals surface area (Å²) in [6.07, 6.45) is 2.04. The average molecular weight is 297 g/mol. The first-order valence-corrected chi connectivity index (χ1v) is 6.75. The second-order valence-corrected chi connectivity index (χ2v) is 5.31. The van der Waals surface area contributed by atoms with Crippen molar-refractivity contribution < 1.29 is 4.79 Å². The summed E-state index contributed by atoms with van der Waals surface area (Å²) in [5.41, 5.74) is 6.40. The highest BCUT2D eigenvalue weighted by Crippen LogP contribution is 2.22. The Labute approximate surface area is 110 Å². The molecular formula is C13H17BrN2O. The van der Waals surface area contributed by atoms with E-state index in [0.29, 0.717) is 5.92 Å². The van der Waals surface area contributed by atoms with Crippen molar-refractivity contribution in [1.29, 1.82) is 0 Å². The molecule has 2 N–H and O–H groups in total. The Kier molecular flexibility index (Phi) is 4.18. The highest BCUT2D eigenvalue weighted by molar-refractivity contribution is 9.10. The summed E-state index contributed by atoms with van der Waals surface area (Å²) in [4.78, 5) is 14.2. The lowest BCUT2D eigenvalue weighted by Gasteiger charge is -2.31. The Hall–Kier alpha value is -0.870. The molecule has 0 aromatic heterocycles. The number of rotatable bonds is 2. The molecule has 1 saturated heterocycles. The van der Waals surface area contributed by atoms with Crippen LogP contribution in [0.4, 0.5) is 0 Å². The zero-order valence-corrected chi connectivity index (χ0v) is 11.3. The summed E-state index contributed by atoms with van der Waals surface area (Å²) in [6.45, 7) is 2.38. The monoisotopic (exact) mass is 296 g/mol. The lowest BCUT2D eigenvalue weighted by molar-refractivity contribution is 0.0692. The fourth-order valence-corrected chi connectivity index (χ4v) is 2.63. The highest BCUT2D eigenvalue weighted by atomic mass is 79.9. The van der Waals surface area contributed by atoms with Crippen LogP contribution < -0.4 is 5.73 Å². The van der Waals surface area contributed by atoms with Crippen molar-refractivity contribution in [3.05, 3.63) is 34.3 Å². The van der Waals surface area contributed by atoms with Gasteiger partial charge >= 0.3 is 0 Å². The predicted molar refractivity (Wildman–Crippen MR) is 71.8 cm³/mol. The van der Waals surface area contributed by atoms with Crippen molar-refractivity contribution in [3.8, 4) is 0 Å². The minimum atomic E-state index is 0.118. The molecule has 0 spiro atoms. The molecule has 0 aliphatic carbocycles. The summed E-state index contributed by atoms with van der Waals surface area (Å²) in [7, 11) is 0. The standard InChI is InChI=1S/C13H17BrN2O/c14-12-4-2-1-3-11(12)13(17)16-7-5-10(9-15)6-8-16/h1-4,10H,5-9,15H2. The molecule has 1 aliphatic rings. The fraction of sp³-hybridized carbons (Fsp3) is 0.462. The molecule has 3 nitrogen and oxygen atoms in total. The van der Waals surface area contributed by atoms with Crippen molar-refractivity contribution in [2.24, 2.45) is 11.7 Å². The van der Waals surface area contributed by atoms with E-state index >= 15 is 0 Å². The number of halogens is 1. The van der Waals surface area contributed by atoms with E-state index in [1.54, 1.807) is 0 Å². The summed E-state index contributed by atoms with van der Waals surface area (Å²) < 4.78 is 0.867. The molecule has 17 heavy (non-hydrogen) atoms. The summed E-state index contributed by atoms with van der Waals surface area (Å²) in [6, 6.07) is 7.58. The number of hydrogen-bond donors (Lipinski definition) is 1. The van der Waals surface area contributed by atoms with Gasteiger partial charge in [0.2, 0.25) is 0 Å². The smallest absolute Gasteiger partial charge is 0.254 e. The van der Waals surface area contributed by atoms with Gasteiger partial charge in [-0.25, -0.2) is 0 Å². The van der Waals surface area contributed by atoms with Gasteiger partial charge in [0.15, 0.2) is 0 Å². The second-order valence-electron chi connectivity index (χ2n) is 4.45. The number of nitrogens with two attached hydrogens (primary N) is 1. The van der Waals surface area contributed by atoms with E-state index in [1.807, 2.05) is 29.2 Å². The quantitative estimate of drug-likeness (QED) is 0.910. The third-order valence-corrected chi connectivity index (χ3v) is 4.03. The maximum absolute atomic E-state index is 12.3. The molecule has 0 radical (unpaired) electrons.